The molecule has 1 aliphatic heterocycles. The van der Waals surface area contributed by atoms with E-state index < -0.39 is 0 Å². The van der Waals surface area contributed by atoms with Crippen LogP contribution in [0.1, 0.15) is 13.8 Å². The minimum absolute atomic E-state index is 0.387. The second-order valence-electron chi connectivity index (χ2n) is 3.96. The summed E-state index contributed by atoms with van der Waals surface area (Å²) >= 11 is 0. The fraction of sp³-hybridized carbons (Fsp3) is 0.571. The number of hydrogen-bond acceptors (Lipinski definition) is 5. The van der Waals surface area contributed by atoms with Gasteiger partial charge < -0.3 is 19.5 Å². The number of diazo groups is 1. The van der Waals surface area contributed by atoms with Crippen LogP contribution in [0.5, 0.6) is 11.5 Å². The van der Waals surface area contributed by atoms with E-state index in [-0.39, 0.29) is 0 Å². The van der Waals surface area contributed by atoms with Crippen LogP contribution in [0.4, 0.5) is 5.69 Å². The van der Waals surface area contributed by atoms with Gasteiger partial charge in [-0.05, 0) is 26.0 Å². The standard InChI is InChI=1S/C10H13N2O2.C4H9NO/c1-3-13-8-5-6-10(14-4-2)9(7-8)12-11;1-3-6-4-2-5-1/h5-7H,3-4H2,1-2H3;5H,1-4H2/q+1;. The van der Waals surface area contributed by atoms with Crippen LogP contribution in [0.3, 0.4) is 0 Å². The molecular weight excluding hydrogens is 258 g/mol. The van der Waals surface area contributed by atoms with Crippen LogP contribution in [0.2, 0.25) is 0 Å². The first-order valence-corrected chi connectivity index (χ1v) is 6.85. The molecule has 1 aromatic rings. The highest BCUT2D eigenvalue weighted by molar-refractivity contribution is 5.60. The maximum atomic E-state index is 8.73. The first-order chi connectivity index (χ1) is 9.81. The molecule has 6 nitrogen and oxygen atoms in total. The number of benzene rings is 1. The summed E-state index contributed by atoms with van der Waals surface area (Å²) in [6.07, 6.45) is 0. The molecule has 0 aromatic heterocycles. The van der Waals surface area contributed by atoms with E-state index in [1.165, 1.54) is 0 Å². The summed E-state index contributed by atoms with van der Waals surface area (Å²) in [5.74, 6) is 1.22. The second-order valence-corrected chi connectivity index (χ2v) is 3.96. The Kier molecular flexibility index (Phi) is 8.11. The van der Waals surface area contributed by atoms with Crippen molar-refractivity contribution in [2.45, 2.75) is 13.8 Å². The number of nitrogens with one attached hydrogen (secondary N) is 1. The molecule has 0 atom stereocenters. The monoisotopic (exact) mass is 280 g/mol. The van der Waals surface area contributed by atoms with Crippen LogP contribution in [-0.4, -0.2) is 39.5 Å². The highest BCUT2D eigenvalue weighted by Gasteiger charge is 2.15. The van der Waals surface area contributed by atoms with Crippen molar-refractivity contribution >= 4 is 5.69 Å². The fourth-order valence-electron chi connectivity index (χ4n) is 1.63. The van der Waals surface area contributed by atoms with Crippen LogP contribution < -0.4 is 14.8 Å². The zero-order chi connectivity index (χ0) is 14.6. The molecule has 0 spiro atoms. The lowest BCUT2D eigenvalue weighted by atomic mass is 10.3. The van der Waals surface area contributed by atoms with E-state index in [1.54, 1.807) is 18.2 Å². The Morgan fingerprint density at radius 2 is 1.90 bits per heavy atom. The lowest BCUT2D eigenvalue weighted by Gasteiger charge is -2.10. The fourth-order valence-corrected chi connectivity index (χ4v) is 1.63. The van der Waals surface area contributed by atoms with Gasteiger partial charge in [0.25, 0.3) is 0 Å². The number of nitrogens with zero attached hydrogens (tertiary/aromatic N) is 2. The third-order valence-electron chi connectivity index (χ3n) is 2.50. The van der Waals surface area contributed by atoms with Gasteiger partial charge in [0, 0.05) is 13.1 Å². The molecule has 0 saturated carbocycles. The summed E-state index contributed by atoms with van der Waals surface area (Å²) in [4.78, 5) is 3.13. The quantitative estimate of drug-likeness (QED) is 0.858. The summed E-state index contributed by atoms with van der Waals surface area (Å²) in [6.45, 7) is 8.72. The van der Waals surface area contributed by atoms with Crippen molar-refractivity contribution in [2.75, 3.05) is 39.5 Å². The Balaban J connectivity index is 0.000000276. The summed E-state index contributed by atoms with van der Waals surface area (Å²) in [7, 11) is 0. The maximum absolute atomic E-state index is 8.73. The maximum Gasteiger partial charge on any atom is 0.429 e. The summed E-state index contributed by atoms with van der Waals surface area (Å²) in [5, 5.41) is 11.9. The molecule has 0 bridgehead atoms. The molecule has 0 unspecified atom stereocenters. The van der Waals surface area contributed by atoms with Crippen molar-refractivity contribution < 1.29 is 14.2 Å². The van der Waals surface area contributed by atoms with Gasteiger partial charge in [0.05, 0.1) is 32.5 Å². The number of rotatable bonds is 4. The number of morpholine rings is 1. The second kappa shape index (κ2) is 10.0. The molecule has 1 heterocycles. The van der Waals surface area contributed by atoms with Crippen molar-refractivity contribution in [3.63, 3.8) is 0 Å². The highest BCUT2D eigenvalue weighted by atomic mass is 16.5. The van der Waals surface area contributed by atoms with Crippen LogP contribution in [0.15, 0.2) is 18.2 Å². The summed E-state index contributed by atoms with van der Waals surface area (Å²) in [5.41, 5.74) is 0.387. The molecule has 0 aliphatic carbocycles. The van der Waals surface area contributed by atoms with Gasteiger partial charge in [0.15, 0.2) is 4.98 Å². The molecule has 1 N–H and O–H groups in total. The van der Waals surface area contributed by atoms with Gasteiger partial charge in [0.2, 0.25) is 11.1 Å². The molecule has 1 aromatic carbocycles. The third kappa shape index (κ3) is 5.87. The van der Waals surface area contributed by atoms with Crippen molar-refractivity contribution in [3.05, 3.63) is 23.2 Å². The summed E-state index contributed by atoms with van der Waals surface area (Å²) in [6, 6.07) is 5.14. The third-order valence-corrected chi connectivity index (χ3v) is 2.50. The minimum Gasteiger partial charge on any atom is -0.494 e. The predicted octanol–water partition coefficient (Wildman–Crippen LogP) is 2.57. The van der Waals surface area contributed by atoms with Gasteiger partial charge in [0.1, 0.15) is 5.75 Å². The van der Waals surface area contributed by atoms with Crippen LogP contribution in [-0.2, 0) is 4.74 Å². The molecule has 1 fully saturated rings. The lowest BCUT2D eigenvalue weighted by Crippen LogP contribution is -2.30. The molecule has 20 heavy (non-hydrogen) atoms. The number of hydrogen-bond donors (Lipinski definition) is 1. The Hall–Kier alpha value is -1.84. The van der Waals surface area contributed by atoms with E-state index in [1.807, 2.05) is 13.8 Å². The van der Waals surface area contributed by atoms with E-state index in [4.69, 9.17) is 19.6 Å². The minimum atomic E-state index is 0.387. The SMILES string of the molecule is C1COCCN1.CCOc1ccc(OCC)c([N+]#N)c1. The predicted molar refractivity (Wildman–Crippen MR) is 77.2 cm³/mol. The van der Waals surface area contributed by atoms with E-state index in [0.717, 1.165) is 26.3 Å². The average molecular weight is 280 g/mol. The van der Waals surface area contributed by atoms with Gasteiger partial charge in [-0.3, -0.25) is 0 Å². The molecule has 1 aliphatic rings. The van der Waals surface area contributed by atoms with Gasteiger partial charge in [-0.1, -0.05) is 0 Å². The average Bonchev–Trinajstić information content (AvgIpc) is 2.51. The van der Waals surface area contributed by atoms with Gasteiger partial charge in [-0.25, -0.2) is 0 Å². The van der Waals surface area contributed by atoms with E-state index >= 15 is 0 Å². The van der Waals surface area contributed by atoms with Crippen molar-refractivity contribution in [3.8, 4) is 11.5 Å². The highest BCUT2D eigenvalue weighted by Crippen LogP contribution is 2.31. The molecular formula is C14H22N3O3+. The Morgan fingerprint density at radius 3 is 2.35 bits per heavy atom. The van der Waals surface area contributed by atoms with Crippen LogP contribution in [0.25, 0.3) is 4.98 Å². The zero-order valence-electron chi connectivity index (χ0n) is 12.1. The zero-order valence-corrected chi connectivity index (χ0v) is 12.1. The van der Waals surface area contributed by atoms with E-state index in [9.17, 15) is 0 Å². The van der Waals surface area contributed by atoms with E-state index in [0.29, 0.717) is 30.4 Å². The molecule has 2 rings (SSSR count). The topological polar surface area (TPSA) is 67.9 Å². The van der Waals surface area contributed by atoms with E-state index in [2.05, 4.69) is 10.3 Å². The molecule has 1 saturated heterocycles. The van der Waals surface area contributed by atoms with Crippen LogP contribution >= 0.6 is 0 Å². The molecule has 0 radical (unpaired) electrons. The van der Waals surface area contributed by atoms with Gasteiger partial charge in [-0.2, -0.15) is 0 Å². The van der Waals surface area contributed by atoms with Gasteiger partial charge >= 0.3 is 5.69 Å². The smallest absolute Gasteiger partial charge is 0.429 e. The largest absolute Gasteiger partial charge is 0.494 e. The Bertz CT molecular complexity index is 417. The number of ether oxygens (including phenoxy) is 3. The lowest BCUT2D eigenvalue weighted by molar-refractivity contribution is 0.109. The first kappa shape index (κ1) is 16.2. The molecule has 6 heteroatoms. The molecule has 0 amide bonds. The Labute approximate surface area is 119 Å². The van der Waals surface area contributed by atoms with Crippen molar-refractivity contribution in [1.82, 2.24) is 5.32 Å². The van der Waals surface area contributed by atoms with Crippen molar-refractivity contribution in [2.24, 2.45) is 0 Å². The first-order valence-electron chi connectivity index (χ1n) is 6.85. The van der Waals surface area contributed by atoms with Crippen LogP contribution in [0, 0.1) is 5.39 Å². The van der Waals surface area contributed by atoms with Crippen molar-refractivity contribution in [1.29, 1.82) is 5.39 Å². The Morgan fingerprint density at radius 1 is 1.20 bits per heavy atom. The normalized spacial score (nSPS) is 13.7. The van der Waals surface area contributed by atoms with Gasteiger partial charge in [-0.15, -0.1) is 0 Å². The summed E-state index contributed by atoms with van der Waals surface area (Å²) < 4.78 is 15.5. The molecule has 110 valence electrons.